The molecule has 18 heavy (non-hydrogen) atoms. The van der Waals surface area contributed by atoms with Crippen LogP contribution in [0.3, 0.4) is 0 Å². The van der Waals surface area contributed by atoms with Gasteiger partial charge in [-0.3, -0.25) is 4.79 Å². The van der Waals surface area contributed by atoms with Gasteiger partial charge in [0, 0.05) is 6.54 Å². The Morgan fingerprint density at radius 1 is 1.22 bits per heavy atom. The van der Waals surface area contributed by atoms with Gasteiger partial charge in [-0.05, 0) is 12.5 Å². The highest BCUT2D eigenvalue weighted by atomic mass is 35.5. The summed E-state index contributed by atoms with van der Waals surface area (Å²) in [5.74, 6) is -0.0811. The summed E-state index contributed by atoms with van der Waals surface area (Å²) in [6, 6.07) is 1.62. The molecule has 0 radical (unpaired) electrons. The molecule has 0 atom stereocenters. The molecule has 1 heterocycles. The van der Waals surface area contributed by atoms with E-state index in [4.69, 9.17) is 23.2 Å². The lowest BCUT2D eigenvalue weighted by Gasteiger charge is -2.03. The van der Waals surface area contributed by atoms with Gasteiger partial charge in [-0.15, -0.1) is 11.3 Å². The molecule has 0 aliphatic rings. The molecule has 0 fully saturated rings. The number of rotatable bonds is 8. The van der Waals surface area contributed by atoms with Gasteiger partial charge in [0.2, 0.25) is 0 Å². The molecule has 1 amide bonds. The van der Waals surface area contributed by atoms with Crippen LogP contribution in [0, 0.1) is 0 Å². The highest BCUT2D eigenvalue weighted by Crippen LogP contribution is 2.31. The normalized spacial score (nSPS) is 10.6. The summed E-state index contributed by atoms with van der Waals surface area (Å²) in [4.78, 5) is 12.3. The number of hydrogen-bond donors (Lipinski definition) is 1. The minimum atomic E-state index is -0.0811. The van der Waals surface area contributed by atoms with Crippen molar-refractivity contribution in [2.45, 2.75) is 45.4 Å². The first kappa shape index (κ1) is 15.8. The quantitative estimate of drug-likeness (QED) is 0.661. The lowest BCUT2D eigenvalue weighted by molar-refractivity contribution is 0.0957. The third-order valence-corrected chi connectivity index (χ3v) is 4.55. The molecule has 1 rings (SSSR count). The van der Waals surface area contributed by atoms with Gasteiger partial charge in [0.25, 0.3) is 5.91 Å². The molecule has 0 unspecified atom stereocenters. The average Bonchev–Trinajstić information content (AvgIpc) is 2.68. The van der Waals surface area contributed by atoms with Gasteiger partial charge in [-0.25, -0.2) is 0 Å². The predicted molar refractivity (Wildman–Crippen MR) is 80.0 cm³/mol. The zero-order valence-electron chi connectivity index (χ0n) is 10.6. The summed E-state index contributed by atoms with van der Waals surface area (Å²) in [7, 11) is 0. The van der Waals surface area contributed by atoms with E-state index in [2.05, 4.69) is 12.2 Å². The van der Waals surface area contributed by atoms with Crippen molar-refractivity contribution < 1.29 is 4.79 Å². The fourth-order valence-electron chi connectivity index (χ4n) is 1.65. The second-order valence-electron chi connectivity index (χ2n) is 4.26. The van der Waals surface area contributed by atoms with Crippen molar-refractivity contribution in [1.29, 1.82) is 0 Å². The van der Waals surface area contributed by atoms with Crippen LogP contribution in [0.5, 0.6) is 0 Å². The van der Waals surface area contributed by atoms with E-state index in [1.165, 1.54) is 43.4 Å². The van der Waals surface area contributed by atoms with Crippen LogP contribution in [0.15, 0.2) is 6.07 Å². The minimum Gasteiger partial charge on any atom is -0.351 e. The van der Waals surface area contributed by atoms with Crippen molar-refractivity contribution in [3.05, 3.63) is 20.3 Å². The Balaban J connectivity index is 2.14. The van der Waals surface area contributed by atoms with Gasteiger partial charge in [-0.2, -0.15) is 0 Å². The number of halogens is 2. The Labute approximate surface area is 123 Å². The third-order valence-electron chi connectivity index (χ3n) is 2.68. The van der Waals surface area contributed by atoms with Gasteiger partial charge in [0.15, 0.2) is 0 Å². The molecule has 1 aromatic heterocycles. The van der Waals surface area contributed by atoms with Crippen LogP contribution in [-0.2, 0) is 0 Å². The van der Waals surface area contributed by atoms with Gasteiger partial charge >= 0.3 is 0 Å². The zero-order valence-corrected chi connectivity index (χ0v) is 12.9. The molecule has 1 aromatic rings. The Bertz CT molecular complexity index is 360. The molecule has 0 saturated carbocycles. The first-order valence-corrected chi connectivity index (χ1v) is 7.95. The molecule has 0 bridgehead atoms. The van der Waals surface area contributed by atoms with E-state index >= 15 is 0 Å². The third kappa shape index (κ3) is 5.59. The summed E-state index contributed by atoms with van der Waals surface area (Å²) < 4.78 is 0.474. The van der Waals surface area contributed by atoms with Crippen LogP contribution in [0.4, 0.5) is 0 Å². The summed E-state index contributed by atoms with van der Waals surface area (Å²) in [6.45, 7) is 2.93. The standard InChI is InChI=1S/C13H19Cl2NOS/c1-2-3-4-5-6-7-8-16-13(17)11-9-10(14)12(15)18-11/h9H,2-8H2,1H3,(H,16,17). The van der Waals surface area contributed by atoms with Gasteiger partial charge < -0.3 is 5.32 Å². The number of amides is 1. The summed E-state index contributed by atoms with van der Waals surface area (Å²) in [6.07, 6.45) is 7.31. The first-order valence-electron chi connectivity index (χ1n) is 6.38. The zero-order chi connectivity index (χ0) is 13.4. The molecule has 0 saturated heterocycles. The number of hydrogen-bond acceptors (Lipinski definition) is 2. The van der Waals surface area contributed by atoms with Gasteiger partial charge in [0.05, 0.1) is 9.90 Å². The molecule has 0 aliphatic carbocycles. The van der Waals surface area contributed by atoms with Crippen molar-refractivity contribution in [2.75, 3.05) is 6.54 Å². The van der Waals surface area contributed by atoms with E-state index < -0.39 is 0 Å². The van der Waals surface area contributed by atoms with E-state index in [0.29, 0.717) is 14.2 Å². The lowest BCUT2D eigenvalue weighted by atomic mass is 10.1. The first-order chi connectivity index (χ1) is 8.65. The fraction of sp³-hybridized carbons (Fsp3) is 0.615. The summed E-state index contributed by atoms with van der Waals surface area (Å²) in [5.41, 5.74) is 0. The van der Waals surface area contributed by atoms with Crippen molar-refractivity contribution in [3.63, 3.8) is 0 Å². The van der Waals surface area contributed by atoms with E-state index in [0.717, 1.165) is 13.0 Å². The van der Waals surface area contributed by atoms with Crippen LogP contribution in [0.25, 0.3) is 0 Å². The van der Waals surface area contributed by atoms with Gasteiger partial charge in [-0.1, -0.05) is 62.2 Å². The average molecular weight is 308 g/mol. The number of thiophene rings is 1. The van der Waals surface area contributed by atoms with Crippen LogP contribution in [0.1, 0.15) is 55.1 Å². The summed E-state index contributed by atoms with van der Waals surface area (Å²) >= 11 is 12.8. The highest BCUT2D eigenvalue weighted by molar-refractivity contribution is 7.18. The SMILES string of the molecule is CCCCCCCCNC(=O)c1cc(Cl)c(Cl)s1. The van der Waals surface area contributed by atoms with Crippen molar-refractivity contribution >= 4 is 40.4 Å². The largest absolute Gasteiger partial charge is 0.351 e. The molecule has 0 spiro atoms. The van der Waals surface area contributed by atoms with Crippen LogP contribution in [0.2, 0.25) is 9.36 Å². The van der Waals surface area contributed by atoms with Crippen molar-refractivity contribution in [1.82, 2.24) is 5.32 Å². The molecule has 2 nitrogen and oxygen atoms in total. The Kier molecular flexibility index (Phi) is 7.71. The molecular weight excluding hydrogens is 289 g/mol. The predicted octanol–water partition coefficient (Wildman–Crippen LogP) is 5.15. The van der Waals surface area contributed by atoms with Crippen LogP contribution in [-0.4, -0.2) is 12.5 Å². The van der Waals surface area contributed by atoms with E-state index in [1.54, 1.807) is 6.07 Å². The number of carbonyl (C=O) groups is 1. The van der Waals surface area contributed by atoms with Gasteiger partial charge in [0.1, 0.15) is 4.34 Å². The summed E-state index contributed by atoms with van der Waals surface area (Å²) in [5, 5.41) is 3.33. The number of unbranched alkanes of at least 4 members (excludes halogenated alkanes) is 5. The lowest BCUT2D eigenvalue weighted by Crippen LogP contribution is -2.23. The van der Waals surface area contributed by atoms with E-state index in [9.17, 15) is 4.79 Å². The Morgan fingerprint density at radius 2 is 1.89 bits per heavy atom. The molecule has 1 N–H and O–H groups in total. The Morgan fingerprint density at radius 3 is 2.50 bits per heavy atom. The fourth-order valence-corrected chi connectivity index (χ4v) is 2.94. The maximum Gasteiger partial charge on any atom is 0.261 e. The smallest absolute Gasteiger partial charge is 0.261 e. The second-order valence-corrected chi connectivity index (χ2v) is 6.32. The van der Waals surface area contributed by atoms with Crippen LogP contribution < -0.4 is 5.32 Å². The van der Waals surface area contributed by atoms with Crippen molar-refractivity contribution in [2.24, 2.45) is 0 Å². The molecule has 5 heteroatoms. The van der Waals surface area contributed by atoms with E-state index in [-0.39, 0.29) is 5.91 Å². The monoisotopic (exact) mass is 307 g/mol. The Hall–Kier alpha value is -0.250. The topological polar surface area (TPSA) is 29.1 Å². The molecule has 102 valence electrons. The molecular formula is C13H19Cl2NOS. The number of carbonyl (C=O) groups excluding carboxylic acids is 1. The highest BCUT2D eigenvalue weighted by Gasteiger charge is 2.11. The maximum absolute atomic E-state index is 11.7. The van der Waals surface area contributed by atoms with Crippen LogP contribution >= 0.6 is 34.5 Å². The molecule has 0 aromatic carbocycles. The van der Waals surface area contributed by atoms with Crippen molar-refractivity contribution in [3.8, 4) is 0 Å². The maximum atomic E-state index is 11.7. The molecule has 0 aliphatic heterocycles. The number of nitrogens with one attached hydrogen (secondary N) is 1. The second kappa shape index (κ2) is 8.78. The van der Waals surface area contributed by atoms with E-state index in [1.807, 2.05) is 0 Å². The minimum absolute atomic E-state index is 0.0811.